The van der Waals surface area contributed by atoms with Gasteiger partial charge in [-0.2, -0.15) is 0 Å². The molecule has 3 aromatic carbocycles. The Bertz CT molecular complexity index is 1270. The van der Waals surface area contributed by atoms with Gasteiger partial charge in [0.1, 0.15) is 0 Å². The van der Waals surface area contributed by atoms with Crippen molar-refractivity contribution in [1.82, 2.24) is 5.32 Å². The number of urea groups is 1. The lowest BCUT2D eigenvalue weighted by Gasteiger charge is -2.42. The number of amides is 3. The van der Waals surface area contributed by atoms with Gasteiger partial charge in [0, 0.05) is 27.3 Å². The molecule has 5 rings (SSSR count). The zero-order valence-corrected chi connectivity index (χ0v) is 19.3. The van der Waals surface area contributed by atoms with Crippen molar-refractivity contribution in [2.45, 2.75) is 12.3 Å². The second-order valence-corrected chi connectivity index (χ2v) is 8.83. The highest BCUT2D eigenvalue weighted by Gasteiger charge is 2.52. The third-order valence-electron chi connectivity index (χ3n) is 5.42. The molecule has 0 aliphatic carbocycles. The number of halogens is 2. The second-order valence-electron chi connectivity index (χ2n) is 7.47. The van der Waals surface area contributed by atoms with Crippen LogP contribution in [0.3, 0.4) is 0 Å². The molecule has 0 saturated heterocycles. The maximum atomic E-state index is 13.5. The van der Waals surface area contributed by atoms with E-state index in [2.05, 4.69) is 26.6 Å². The largest absolute Gasteiger partial charge is 0.454 e. The molecule has 2 aliphatic rings. The summed E-state index contributed by atoms with van der Waals surface area (Å²) in [6.45, 7) is 0.235. The first-order valence-corrected chi connectivity index (χ1v) is 11.1. The van der Waals surface area contributed by atoms with Gasteiger partial charge in [0.2, 0.25) is 6.79 Å². The standard InChI is InChI=1S/C23H17BrClN3O5/c24-14-2-7-18-17(10-14)23(31,28(22(30)27-18)16-5-3-15(25)4-6-16)21(29)26-11-13-1-8-19-20(9-13)33-12-32-19/h1-10,31H,11-12H2,(H,26,29)(H,27,30)/t23-/m0/s1. The summed E-state index contributed by atoms with van der Waals surface area (Å²) in [6, 6.07) is 15.8. The van der Waals surface area contributed by atoms with E-state index in [9.17, 15) is 14.7 Å². The van der Waals surface area contributed by atoms with Gasteiger partial charge in [-0.1, -0.05) is 33.6 Å². The molecule has 168 valence electrons. The topological polar surface area (TPSA) is 100 Å². The van der Waals surface area contributed by atoms with E-state index in [4.69, 9.17) is 21.1 Å². The SMILES string of the molecule is O=C1Nc2ccc(Br)cc2[C@](O)(C(=O)NCc2ccc3c(c2)OCO3)N1c1ccc(Cl)cc1. The maximum Gasteiger partial charge on any atom is 0.329 e. The summed E-state index contributed by atoms with van der Waals surface area (Å²) in [4.78, 5) is 27.6. The second kappa shape index (κ2) is 8.26. The van der Waals surface area contributed by atoms with Crippen molar-refractivity contribution in [2.75, 3.05) is 17.0 Å². The Balaban J connectivity index is 1.52. The van der Waals surface area contributed by atoms with Gasteiger partial charge in [-0.25, -0.2) is 4.79 Å². The molecule has 3 aromatic rings. The number of fused-ring (bicyclic) bond motifs is 2. The van der Waals surface area contributed by atoms with Crippen molar-refractivity contribution >= 4 is 50.8 Å². The van der Waals surface area contributed by atoms with Crippen molar-refractivity contribution in [3.8, 4) is 11.5 Å². The fourth-order valence-electron chi connectivity index (χ4n) is 3.83. The molecule has 1 atom stereocenters. The van der Waals surface area contributed by atoms with Crippen molar-refractivity contribution in [3.05, 3.63) is 81.3 Å². The number of hydrogen-bond acceptors (Lipinski definition) is 5. The van der Waals surface area contributed by atoms with Gasteiger partial charge in [-0.3, -0.25) is 9.69 Å². The molecular weight excluding hydrogens is 514 g/mol. The van der Waals surface area contributed by atoms with E-state index in [0.29, 0.717) is 32.4 Å². The van der Waals surface area contributed by atoms with Crippen molar-refractivity contribution < 1.29 is 24.2 Å². The number of anilines is 2. The number of benzene rings is 3. The summed E-state index contributed by atoms with van der Waals surface area (Å²) in [7, 11) is 0. The molecule has 0 radical (unpaired) electrons. The molecule has 2 aliphatic heterocycles. The molecule has 10 heteroatoms. The third kappa shape index (κ3) is 3.78. The predicted molar refractivity (Wildman–Crippen MR) is 125 cm³/mol. The minimum absolute atomic E-state index is 0.0944. The molecule has 3 N–H and O–H groups in total. The van der Waals surface area contributed by atoms with Gasteiger partial charge in [-0.15, -0.1) is 0 Å². The fraction of sp³-hybridized carbons (Fsp3) is 0.130. The molecule has 3 amide bonds. The van der Waals surface area contributed by atoms with Crippen LogP contribution in [0.1, 0.15) is 11.1 Å². The Morgan fingerprint density at radius 2 is 1.88 bits per heavy atom. The first-order chi connectivity index (χ1) is 15.9. The fourth-order valence-corrected chi connectivity index (χ4v) is 4.31. The number of carbonyl (C=O) groups excluding carboxylic acids is 2. The van der Waals surface area contributed by atoms with E-state index in [1.807, 2.05) is 0 Å². The zero-order valence-electron chi connectivity index (χ0n) is 17.0. The summed E-state index contributed by atoms with van der Waals surface area (Å²) < 4.78 is 11.3. The van der Waals surface area contributed by atoms with Crippen molar-refractivity contribution in [1.29, 1.82) is 0 Å². The molecule has 0 bridgehead atoms. The molecule has 0 saturated carbocycles. The Morgan fingerprint density at radius 3 is 2.67 bits per heavy atom. The molecule has 0 unspecified atom stereocenters. The van der Waals surface area contributed by atoms with E-state index in [0.717, 1.165) is 10.5 Å². The number of nitrogens with zero attached hydrogens (tertiary/aromatic N) is 1. The minimum atomic E-state index is -2.33. The Morgan fingerprint density at radius 1 is 1.12 bits per heavy atom. The van der Waals surface area contributed by atoms with E-state index < -0.39 is 17.7 Å². The Hall–Kier alpha value is -3.27. The maximum absolute atomic E-state index is 13.5. The van der Waals surface area contributed by atoms with Gasteiger partial charge in [0.05, 0.1) is 5.69 Å². The van der Waals surface area contributed by atoms with Crippen molar-refractivity contribution in [2.24, 2.45) is 0 Å². The number of nitrogens with one attached hydrogen (secondary N) is 2. The first kappa shape index (κ1) is 21.6. The van der Waals surface area contributed by atoms with E-state index in [-0.39, 0.29) is 18.9 Å². The third-order valence-corrected chi connectivity index (χ3v) is 6.16. The van der Waals surface area contributed by atoms with Gasteiger partial charge < -0.3 is 25.2 Å². The Labute approximate surface area is 202 Å². The van der Waals surface area contributed by atoms with Crippen LogP contribution in [-0.4, -0.2) is 23.8 Å². The molecule has 8 nitrogen and oxygen atoms in total. The number of carbonyl (C=O) groups is 2. The predicted octanol–water partition coefficient (Wildman–Crippen LogP) is 4.34. The molecule has 0 fully saturated rings. The van der Waals surface area contributed by atoms with Crippen molar-refractivity contribution in [3.63, 3.8) is 0 Å². The Kier molecular flexibility index (Phi) is 5.40. The average Bonchev–Trinajstić information content (AvgIpc) is 3.27. The average molecular weight is 531 g/mol. The summed E-state index contributed by atoms with van der Waals surface area (Å²) in [6.07, 6.45) is 0. The molecule has 2 heterocycles. The molecular formula is C23H17BrClN3O5. The highest BCUT2D eigenvalue weighted by molar-refractivity contribution is 9.10. The molecule has 0 spiro atoms. The van der Waals surface area contributed by atoms with Crippen LogP contribution in [0.25, 0.3) is 0 Å². The van der Waals surface area contributed by atoms with Gasteiger partial charge in [0.25, 0.3) is 11.6 Å². The van der Waals surface area contributed by atoms with Crippen LogP contribution in [-0.2, 0) is 17.1 Å². The smallest absolute Gasteiger partial charge is 0.329 e. The summed E-state index contributed by atoms with van der Waals surface area (Å²) in [5.41, 5.74) is -0.748. The summed E-state index contributed by atoms with van der Waals surface area (Å²) in [5, 5.41) is 17.8. The van der Waals surface area contributed by atoms with E-state index >= 15 is 0 Å². The van der Waals surface area contributed by atoms with Gasteiger partial charge in [-0.05, 0) is 60.2 Å². The van der Waals surface area contributed by atoms with Crippen LogP contribution < -0.4 is 25.0 Å². The lowest BCUT2D eigenvalue weighted by Crippen LogP contribution is -2.62. The van der Waals surface area contributed by atoms with Crippen LogP contribution in [0, 0.1) is 0 Å². The van der Waals surface area contributed by atoms with Crippen LogP contribution in [0.15, 0.2) is 65.1 Å². The number of aliphatic hydroxyl groups is 1. The lowest BCUT2D eigenvalue weighted by atomic mass is 9.94. The number of hydrogen-bond donors (Lipinski definition) is 3. The zero-order chi connectivity index (χ0) is 23.2. The van der Waals surface area contributed by atoms with E-state index in [1.54, 1.807) is 60.7 Å². The molecule has 0 aromatic heterocycles. The van der Waals surface area contributed by atoms with Crippen LogP contribution in [0.4, 0.5) is 16.2 Å². The first-order valence-electron chi connectivity index (χ1n) is 9.92. The quantitative estimate of drug-likeness (QED) is 0.466. The monoisotopic (exact) mass is 529 g/mol. The number of rotatable bonds is 4. The number of ether oxygens (including phenoxy) is 2. The highest BCUT2D eigenvalue weighted by atomic mass is 79.9. The van der Waals surface area contributed by atoms with E-state index in [1.165, 1.54) is 0 Å². The van der Waals surface area contributed by atoms with Crippen LogP contribution in [0.2, 0.25) is 5.02 Å². The molecule has 33 heavy (non-hydrogen) atoms. The normalized spacial score (nSPS) is 18.5. The van der Waals surface area contributed by atoms with Crippen LogP contribution in [0.5, 0.6) is 11.5 Å². The van der Waals surface area contributed by atoms with Gasteiger partial charge in [0.15, 0.2) is 11.5 Å². The highest BCUT2D eigenvalue weighted by Crippen LogP contribution is 2.41. The minimum Gasteiger partial charge on any atom is -0.454 e. The summed E-state index contributed by atoms with van der Waals surface area (Å²) in [5.74, 6) is 0.430. The summed E-state index contributed by atoms with van der Waals surface area (Å²) >= 11 is 9.37. The lowest BCUT2D eigenvalue weighted by molar-refractivity contribution is -0.140. The van der Waals surface area contributed by atoms with Gasteiger partial charge >= 0.3 is 6.03 Å². The van der Waals surface area contributed by atoms with Crippen LogP contribution >= 0.6 is 27.5 Å².